The van der Waals surface area contributed by atoms with Crippen LogP contribution in [0.2, 0.25) is 0 Å². The lowest BCUT2D eigenvalue weighted by Gasteiger charge is -2.26. The van der Waals surface area contributed by atoms with Crippen LogP contribution in [-0.4, -0.2) is 0 Å². The Morgan fingerprint density at radius 2 is 1.73 bits per heavy atom. The third-order valence-electron chi connectivity index (χ3n) is 3.37. The van der Waals surface area contributed by atoms with E-state index < -0.39 is 0 Å². The van der Waals surface area contributed by atoms with Gasteiger partial charge in [-0.1, -0.05) is 44.2 Å². The van der Waals surface area contributed by atoms with Gasteiger partial charge >= 0.3 is 0 Å². The monoisotopic (exact) mass is 206 g/mol. The molecule has 0 aliphatic rings. The molecule has 0 heteroatoms. The van der Waals surface area contributed by atoms with E-state index in [0.29, 0.717) is 17.8 Å². The Balaban J connectivity index is 4.59. The van der Waals surface area contributed by atoms with Crippen LogP contribution in [0.1, 0.15) is 40.5 Å². The fraction of sp³-hybridized carbons (Fsp3) is 0.600. The Morgan fingerprint density at radius 3 is 2.00 bits per heavy atom. The summed E-state index contributed by atoms with van der Waals surface area (Å²) in [6.45, 7) is 20.7. The number of hydrogen-bond acceptors (Lipinski definition) is 0. The van der Waals surface area contributed by atoms with E-state index in [4.69, 9.17) is 0 Å². The normalized spacial score (nSPS) is 16.5. The summed E-state index contributed by atoms with van der Waals surface area (Å²) in [5, 5.41) is 0. The minimum Gasteiger partial charge on any atom is -0.103 e. The highest BCUT2D eigenvalue weighted by Gasteiger charge is 2.20. The molecule has 0 aliphatic heterocycles. The molecule has 0 saturated carbocycles. The minimum atomic E-state index is 0.510. The molecular formula is C15H26. The number of allylic oxidation sites excluding steroid dienone is 3. The van der Waals surface area contributed by atoms with E-state index in [9.17, 15) is 0 Å². The summed E-state index contributed by atoms with van der Waals surface area (Å²) < 4.78 is 0. The van der Waals surface area contributed by atoms with E-state index in [1.165, 1.54) is 17.6 Å². The lowest BCUT2D eigenvalue weighted by Crippen LogP contribution is -2.16. The lowest BCUT2D eigenvalue weighted by atomic mass is 9.79. The van der Waals surface area contributed by atoms with E-state index in [1.807, 2.05) is 6.08 Å². The average Bonchev–Trinajstić information content (AvgIpc) is 2.17. The van der Waals surface area contributed by atoms with E-state index in [0.717, 1.165) is 6.42 Å². The lowest BCUT2D eigenvalue weighted by molar-refractivity contribution is 0.380. The molecule has 0 heterocycles. The third kappa shape index (κ3) is 4.51. The van der Waals surface area contributed by atoms with Crippen LogP contribution in [0.3, 0.4) is 0 Å². The quantitative estimate of drug-likeness (QED) is 0.515. The summed E-state index contributed by atoms with van der Waals surface area (Å²) in [6, 6.07) is 0. The third-order valence-corrected chi connectivity index (χ3v) is 3.37. The van der Waals surface area contributed by atoms with Gasteiger partial charge in [-0.15, -0.1) is 6.58 Å². The van der Waals surface area contributed by atoms with Gasteiger partial charge in [-0.3, -0.25) is 0 Å². The molecule has 3 unspecified atom stereocenters. The molecule has 0 fully saturated rings. The zero-order chi connectivity index (χ0) is 12.0. The molecule has 0 nitrogen and oxygen atoms in total. The Kier molecular flexibility index (Phi) is 6.31. The highest BCUT2D eigenvalue weighted by molar-refractivity contribution is 5.06. The van der Waals surface area contributed by atoms with Crippen LogP contribution in [0.4, 0.5) is 0 Å². The average molecular weight is 206 g/mol. The van der Waals surface area contributed by atoms with E-state index in [2.05, 4.69) is 47.4 Å². The minimum absolute atomic E-state index is 0.510. The molecule has 0 saturated heterocycles. The molecule has 3 atom stereocenters. The van der Waals surface area contributed by atoms with Crippen molar-refractivity contribution < 1.29 is 0 Å². The first-order valence-electron chi connectivity index (χ1n) is 5.87. The van der Waals surface area contributed by atoms with E-state index in [-0.39, 0.29) is 0 Å². The first-order chi connectivity index (χ1) is 6.93. The Hall–Kier alpha value is -0.780. The van der Waals surface area contributed by atoms with Gasteiger partial charge in [0.2, 0.25) is 0 Å². The summed E-state index contributed by atoms with van der Waals surface area (Å²) in [6.07, 6.45) is 4.36. The second kappa shape index (κ2) is 6.66. The maximum absolute atomic E-state index is 4.09. The van der Waals surface area contributed by atoms with Crippen LogP contribution in [0.15, 0.2) is 37.0 Å². The Labute approximate surface area is 95.8 Å². The molecule has 0 N–H and O–H groups in total. The largest absolute Gasteiger partial charge is 0.103 e. The van der Waals surface area contributed by atoms with Gasteiger partial charge in [-0.25, -0.2) is 0 Å². The highest BCUT2D eigenvalue weighted by atomic mass is 14.2. The van der Waals surface area contributed by atoms with Gasteiger partial charge in [0.1, 0.15) is 0 Å². The summed E-state index contributed by atoms with van der Waals surface area (Å²) >= 11 is 0. The van der Waals surface area contributed by atoms with Crippen molar-refractivity contribution in [3.63, 3.8) is 0 Å². The summed E-state index contributed by atoms with van der Waals surface area (Å²) in [7, 11) is 0. The molecule has 0 aromatic carbocycles. The fourth-order valence-corrected chi connectivity index (χ4v) is 2.05. The molecule has 0 bridgehead atoms. The van der Waals surface area contributed by atoms with Crippen molar-refractivity contribution in [1.29, 1.82) is 0 Å². The summed E-state index contributed by atoms with van der Waals surface area (Å²) in [5.41, 5.74) is 2.56. The topological polar surface area (TPSA) is 0 Å². The zero-order valence-corrected chi connectivity index (χ0v) is 10.8. The molecule has 0 rings (SSSR count). The zero-order valence-electron chi connectivity index (χ0n) is 10.8. The van der Waals surface area contributed by atoms with Crippen LogP contribution < -0.4 is 0 Å². The first-order valence-corrected chi connectivity index (χ1v) is 5.87. The van der Waals surface area contributed by atoms with Crippen molar-refractivity contribution in [2.24, 2.45) is 17.8 Å². The molecule has 0 radical (unpaired) electrons. The molecule has 0 amide bonds. The van der Waals surface area contributed by atoms with Crippen LogP contribution in [0.5, 0.6) is 0 Å². The number of hydrogen-bond donors (Lipinski definition) is 0. The van der Waals surface area contributed by atoms with Gasteiger partial charge in [0.25, 0.3) is 0 Å². The van der Waals surface area contributed by atoms with Crippen LogP contribution in [0.25, 0.3) is 0 Å². The van der Waals surface area contributed by atoms with Crippen LogP contribution in [-0.2, 0) is 0 Å². The predicted octanol–water partition coefficient (Wildman–Crippen LogP) is 4.99. The maximum Gasteiger partial charge on any atom is -0.0143 e. The molecular weight excluding hydrogens is 180 g/mol. The van der Waals surface area contributed by atoms with Crippen molar-refractivity contribution in [1.82, 2.24) is 0 Å². The predicted molar refractivity (Wildman–Crippen MR) is 70.9 cm³/mol. The van der Waals surface area contributed by atoms with Crippen molar-refractivity contribution in [3.05, 3.63) is 37.0 Å². The molecule has 0 aliphatic carbocycles. The number of rotatable bonds is 7. The second-order valence-electron chi connectivity index (χ2n) is 4.73. The first kappa shape index (κ1) is 14.2. The van der Waals surface area contributed by atoms with Gasteiger partial charge < -0.3 is 0 Å². The SMILES string of the molecule is C=CC(C)C(CC(CC)C(=C)C)C(=C)C. The van der Waals surface area contributed by atoms with Gasteiger partial charge in [-0.05, 0) is 44.4 Å². The molecule has 86 valence electrons. The Morgan fingerprint density at radius 1 is 1.20 bits per heavy atom. The molecule has 0 aromatic rings. The van der Waals surface area contributed by atoms with E-state index in [1.54, 1.807) is 0 Å². The van der Waals surface area contributed by atoms with Gasteiger partial charge in [0.05, 0.1) is 0 Å². The van der Waals surface area contributed by atoms with Gasteiger partial charge in [0.15, 0.2) is 0 Å². The van der Waals surface area contributed by atoms with E-state index >= 15 is 0 Å². The van der Waals surface area contributed by atoms with Crippen molar-refractivity contribution in [2.75, 3.05) is 0 Å². The highest BCUT2D eigenvalue weighted by Crippen LogP contribution is 2.31. The summed E-state index contributed by atoms with van der Waals surface area (Å²) in [5.74, 6) is 1.68. The van der Waals surface area contributed by atoms with Crippen molar-refractivity contribution in [2.45, 2.75) is 40.5 Å². The second-order valence-corrected chi connectivity index (χ2v) is 4.73. The fourth-order valence-electron chi connectivity index (χ4n) is 2.05. The smallest absolute Gasteiger partial charge is 0.0143 e. The van der Waals surface area contributed by atoms with Crippen molar-refractivity contribution in [3.8, 4) is 0 Å². The Bertz CT molecular complexity index is 234. The molecule has 15 heavy (non-hydrogen) atoms. The molecule has 0 aromatic heterocycles. The van der Waals surface area contributed by atoms with Crippen LogP contribution in [0, 0.1) is 17.8 Å². The standard InChI is InChI=1S/C15H26/c1-8-13(7)15(12(5)6)10-14(9-2)11(3)4/h8,13-15H,1,3,5,9-10H2,2,4,6-7H3. The maximum atomic E-state index is 4.09. The van der Waals surface area contributed by atoms with Crippen LogP contribution >= 0.6 is 0 Å². The van der Waals surface area contributed by atoms with Gasteiger partial charge in [-0.2, -0.15) is 0 Å². The van der Waals surface area contributed by atoms with Gasteiger partial charge in [0, 0.05) is 0 Å². The van der Waals surface area contributed by atoms with Crippen molar-refractivity contribution >= 4 is 0 Å². The summed E-state index contributed by atoms with van der Waals surface area (Å²) in [4.78, 5) is 0. The molecule has 0 spiro atoms.